The van der Waals surface area contributed by atoms with Crippen molar-refractivity contribution in [3.05, 3.63) is 66.4 Å². The van der Waals surface area contributed by atoms with Crippen molar-refractivity contribution >= 4 is 22.5 Å². The normalized spacial score (nSPS) is 16.5. The average molecular weight is 348 g/mol. The molecule has 1 fully saturated rings. The summed E-state index contributed by atoms with van der Waals surface area (Å²) in [5.41, 5.74) is 1.95. The summed E-state index contributed by atoms with van der Waals surface area (Å²) in [5, 5.41) is 3.94. The first-order valence-corrected chi connectivity index (χ1v) is 8.80. The van der Waals surface area contributed by atoms with Gasteiger partial charge in [-0.15, -0.1) is 0 Å². The van der Waals surface area contributed by atoms with Crippen LogP contribution in [-0.2, 0) is 4.74 Å². The van der Waals surface area contributed by atoms with Crippen molar-refractivity contribution in [3.63, 3.8) is 0 Å². The second-order valence-electron chi connectivity index (χ2n) is 6.28. The molecule has 0 aliphatic carbocycles. The van der Waals surface area contributed by atoms with Crippen molar-refractivity contribution in [1.82, 2.24) is 4.98 Å². The molecule has 1 N–H and O–H groups in total. The molecule has 1 atom stereocenters. The molecule has 0 spiro atoms. The smallest absolute Gasteiger partial charge is 0.259 e. The third-order valence-corrected chi connectivity index (χ3v) is 4.46. The van der Waals surface area contributed by atoms with Gasteiger partial charge in [0.25, 0.3) is 5.91 Å². The number of fused-ring (bicyclic) bond motifs is 1. The summed E-state index contributed by atoms with van der Waals surface area (Å²) >= 11 is 0. The Morgan fingerprint density at radius 1 is 1.15 bits per heavy atom. The fourth-order valence-corrected chi connectivity index (χ4v) is 3.13. The minimum atomic E-state index is -0.217. The fourth-order valence-electron chi connectivity index (χ4n) is 3.13. The number of nitrogens with one attached hydrogen (secondary N) is 1. The first kappa shape index (κ1) is 16.5. The average Bonchev–Trinajstić information content (AvgIpc) is 3.20. The minimum absolute atomic E-state index is 0.105. The molecular weight excluding hydrogens is 328 g/mol. The van der Waals surface area contributed by atoms with Crippen LogP contribution in [0.25, 0.3) is 10.9 Å². The minimum Gasteiger partial charge on any atom is -0.490 e. The number of pyridine rings is 1. The Bertz CT molecular complexity index is 915. The van der Waals surface area contributed by atoms with Gasteiger partial charge in [0.2, 0.25) is 0 Å². The number of ether oxygens (including phenoxy) is 2. The molecule has 1 aliphatic rings. The van der Waals surface area contributed by atoms with Gasteiger partial charge in [-0.3, -0.25) is 9.78 Å². The van der Waals surface area contributed by atoms with E-state index in [4.69, 9.17) is 9.47 Å². The van der Waals surface area contributed by atoms with Gasteiger partial charge in [0, 0.05) is 18.2 Å². The van der Waals surface area contributed by atoms with Gasteiger partial charge in [0.05, 0.1) is 22.9 Å². The zero-order valence-electron chi connectivity index (χ0n) is 14.4. The molecule has 0 radical (unpaired) electrons. The van der Waals surface area contributed by atoms with E-state index in [0.29, 0.717) is 23.6 Å². The molecule has 0 saturated carbocycles. The number of aromatic nitrogens is 1. The molecule has 1 amide bonds. The van der Waals surface area contributed by atoms with Crippen LogP contribution < -0.4 is 10.1 Å². The number of hydrogen-bond acceptors (Lipinski definition) is 4. The largest absolute Gasteiger partial charge is 0.490 e. The SMILES string of the molecule is O=C(Nc1cccc2cccnc12)c1ccccc1OC[C@@H]1CCCO1. The van der Waals surface area contributed by atoms with Gasteiger partial charge in [-0.2, -0.15) is 0 Å². The van der Waals surface area contributed by atoms with Gasteiger partial charge >= 0.3 is 0 Å². The lowest BCUT2D eigenvalue weighted by Crippen LogP contribution is -2.19. The lowest BCUT2D eigenvalue weighted by atomic mass is 10.1. The first-order valence-electron chi connectivity index (χ1n) is 8.80. The Labute approximate surface area is 152 Å². The number of rotatable bonds is 5. The van der Waals surface area contributed by atoms with Crippen LogP contribution in [-0.4, -0.2) is 30.2 Å². The molecule has 4 rings (SSSR count). The molecular formula is C21H20N2O3. The van der Waals surface area contributed by atoms with E-state index in [9.17, 15) is 4.79 Å². The van der Waals surface area contributed by atoms with Crippen molar-refractivity contribution in [3.8, 4) is 5.75 Å². The predicted molar refractivity (Wildman–Crippen MR) is 101 cm³/mol. The number of carbonyl (C=O) groups excluding carboxylic acids is 1. The maximum absolute atomic E-state index is 12.8. The molecule has 3 aromatic rings. The zero-order chi connectivity index (χ0) is 17.8. The van der Waals surface area contributed by atoms with E-state index >= 15 is 0 Å². The van der Waals surface area contributed by atoms with Gasteiger partial charge in [0.15, 0.2) is 0 Å². The summed E-state index contributed by atoms with van der Waals surface area (Å²) in [6.07, 6.45) is 3.88. The molecule has 132 valence electrons. The van der Waals surface area contributed by atoms with E-state index in [-0.39, 0.29) is 12.0 Å². The highest BCUT2D eigenvalue weighted by molar-refractivity contribution is 6.09. The number of para-hydroxylation sites is 2. The van der Waals surface area contributed by atoms with Crippen LogP contribution in [0.5, 0.6) is 5.75 Å². The number of carbonyl (C=O) groups is 1. The summed E-state index contributed by atoms with van der Waals surface area (Å²) in [4.78, 5) is 17.2. The molecule has 2 heterocycles. The first-order chi connectivity index (χ1) is 12.8. The van der Waals surface area contributed by atoms with Gasteiger partial charge in [0.1, 0.15) is 12.4 Å². The maximum atomic E-state index is 12.8. The van der Waals surface area contributed by atoms with Crippen LogP contribution in [0.4, 0.5) is 5.69 Å². The topological polar surface area (TPSA) is 60.5 Å². The highest BCUT2D eigenvalue weighted by Gasteiger charge is 2.18. The second kappa shape index (κ2) is 7.54. The number of anilines is 1. The van der Waals surface area contributed by atoms with E-state index in [2.05, 4.69) is 10.3 Å². The second-order valence-corrected chi connectivity index (χ2v) is 6.28. The van der Waals surface area contributed by atoms with Crippen molar-refractivity contribution in [2.45, 2.75) is 18.9 Å². The van der Waals surface area contributed by atoms with Crippen LogP contribution >= 0.6 is 0 Å². The lowest BCUT2D eigenvalue weighted by molar-refractivity contribution is 0.0673. The van der Waals surface area contributed by atoms with E-state index < -0.39 is 0 Å². The molecule has 2 aromatic carbocycles. The molecule has 1 aliphatic heterocycles. The Hall–Kier alpha value is -2.92. The molecule has 0 unspecified atom stereocenters. The number of nitrogens with zero attached hydrogens (tertiary/aromatic N) is 1. The summed E-state index contributed by atoms with van der Waals surface area (Å²) in [7, 11) is 0. The summed E-state index contributed by atoms with van der Waals surface area (Å²) in [6, 6.07) is 16.8. The lowest BCUT2D eigenvalue weighted by Gasteiger charge is -2.15. The van der Waals surface area contributed by atoms with Crippen molar-refractivity contribution in [1.29, 1.82) is 0 Å². The third-order valence-electron chi connectivity index (χ3n) is 4.46. The number of benzene rings is 2. The van der Waals surface area contributed by atoms with E-state index in [0.717, 1.165) is 30.4 Å². The van der Waals surface area contributed by atoms with Crippen molar-refractivity contribution in [2.24, 2.45) is 0 Å². The third kappa shape index (κ3) is 3.53. The Morgan fingerprint density at radius 2 is 2.04 bits per heavy atom. The number of amides is 1. The van der Waals surface area contributed by atoms with Crippen LogP contribution in [0.15, 0.2) is 60.8 Å². The molecule has 0 bridgehead atoms. The molecule has 26 heavy (non-hydrogen) atoms. The highest BCUT2D eigenvalue weighted by Crippen LogP contribution is 2.24. The van der Waals surface area contributed by atoms with Crippen molar-refractivity contribution < 1.29 is 14.3 Å². The Kier molecular flexibility index (Phi) is 4.80. The molecule has 5 nitrogen and oxygen atoms in total. The Morgan fingerprint density at radius 3 is 2.92 bits per heavy atom. The van der Waals surface area contributed by atoms with Gasteiger partial charge in [-0.05, 0) is 37.1 Å². The van der Waals surface area contributed by atoms with Gasteiger partial charge in [-0.25, -0.2) is 0 Å². The molecule has 5 heteroatoms. The van der Waals surface area contributed by atoms with E-state index in [1.54, 1.807) is 12.3 Å². The molecule has 1 saturated heterocycles. The van der Waals surface area contributed by atoms with Crippen molar-refractivity contribution in [2.75, 3.05) is 18.5 Å². The fraction of sp³-hybridized carbons (Fsp3) is 0.238. The quantitative estimate of drug-likeness (QED) is 0.756. The van der Waals surface area contributed by atoms with E-state index in [1.807, 2.05) is 48.5 Å². The van der Waals surface area contributed by atoms with Crippen LogP contribution in [0.1, 0.15) is 23.2 Å². The molecule has 1 aromatic heterocycles. The monoisotopic (exact) mass is 348 g/mol. The standard InChI is InChI=1S/C21H20N2O3/c24-21(23-18-10-3-6-15-7-4-12-22-20(15)18)17-9-1-2-11-19(17)26-14-16-8-5-13-25-16/h1-4,6-7,9-12,16H,5,8,13-14H2,(H,23,24)/t16-/m0/s1. The van der Waals surface area contributed by atoms with Gasteiger partial charge in [-0.1, -0.05) is 30.3 Å². The zero-order valence-corrected chi connectivity index (χ0v) is 14.4. The van der Waals surface area contributed by atoms with E-state index in [1.165, 1.54) is 0 Å². The number of hydrogen-bond donors (Lipinski definition) is 1. The predicted octanol–water partition coefficient (Wildman–Crippen LogP) is 4.04. The van der Waals surface area contributed by atoms with Crippen LogP contribution in [0.3, 0.4) is 0 Å². The summed E-state index contributed by atoms with van der Waals surface area (Å²) in [5.74, 6) is 0.347. The Balaban J connectivity index is 1.54. The van der Waals surface area contributed by atoms with Crippen LogP contribution in [0, 0.1) is 0 Å². The maximum Gasteiger partial charge on any atom is 0.259 e. The highest BCUT2D eigenvalue weighted by atomic mass is 16.5. The van der Waals surface area contributed by atoms with Gasteiger partial charge < -0.3 is 14.8 Å². The summed E-state index contributed by atoms with van der Waals surface area (Å²) in [6.45, 7) is 1.24. The summed E-state index contributed by atoms with van der Waals surface area (Å²) < 4.78 is 11.5. The van der Waals surface area contributed by atoms with Crippen LogP contribution in [0.2, 0.25) is 0 Å².